The van der Waals surface area contributed by atoms with E-state index in [4.69, 9.17) is 18.6 Å². The summed E-state index contributed by atoms with van der Waals surface area (Å²) in [5.74, 6) is 0.261. The van der Waals surface area contributed by atoms with Gasteiger partial charge in [0.25, 0.3) is 0 Å². The van der Waals surface area contributed by atoms with Gasteiger partial charge in [0.1, 0.15) is 5.75 Å². The van der Waals surface area contributed by atoms with Crippen LogP contribution >= 0.6 is 18.6 Å². The van der Waals surface area contributed by atoms with Gasteiger partial charge < -0.3 is 5.11 Å². The van der Waals surface area contributed by atoms with E-state index in [0.29, 0.717) is 0 Å². The van der Waals surface area contributed by atoms with Crippen LogP contribution in [0.1, 0.15) is 11.1 Å². The molecule has 25 heavy (non-hydrogen) atoms. The van der Waals surface area contributed by atoms with E-state index >= 15 is 0 Å². The second-order valence-electron chi connectivity index (χ2n) is 5.28. The molecule has 3 aromatic carbocycles. The van der Waals surface area contributed by atoms with E-state index < -0.39 is 17.0 Å². The molecule has 0 saturated heterocycles. The zero-order chi connectivity index (χ0) is 18.1. The Morgan fingerprint density at radius 3 is 2.08 bits per heavy atom. The monoisotopic (exact) mass is 405 g/mol. The topological polar surface area (TPSA) is 32.6 Å². The molecule has 5 heteroatoms. The van der Waals surface area contributed by atoms with Crippen molar-refractivity contribution in [1.29, 1.82) is 0 Å². The maximum atomic E-state index is 10.6. The maximum absolute atomic E-state index is 10.6. The third kappa shape index (κ3) is 6.02. The van der Waals surface area contributed by atoms with Crippen molar-refractivity contribution in [3.63, 3.8) is 0 Å². The fourth-order valence-corrected chi connectivity index (χ4v) is 2.40. The molecule has 0 aliphatic rings. The Kier molecular flexibility index (Phi) is 8.23. The summed E-state index contributed by atoms with van der Waals surface area (Å²) in [7, 11) is 9.78. The summed E-state index contributed by atoms with van der Waals surface area (Å²) in [6.45, 7) is 2.02. The number of phenols is 1. The Balaban J connectivity index is 0.000000701. The number of aryl methyl sites for hydroxylation is 1. The van der Waals surface area contributed by atoms with Crippen LogP contribution in [0, 0.1) is 6.92 Å². The van der Waals surface area contributed by atoms with Gasteiger partial charge in [0.15, 0.2) is 0 Å². The van der Waals surface area contributed by atoms with Gasteiger partial charge >= 0.3 is 35.6 Å². The fraction of sp³-hybridized carbons (Fsp3) is 0.0500. The van der Waals surface area contributed by atoms with E-state index in [2.05, 4.69) is 4.99 Å². The normalized spacial score (nSPS) is 10.2. The first-order chi connectivity index (χ1) is 12.2. The van der Waals surface area contributed by atoms with Gasteiger partial charge in [-0.2, -0.15) is 0 Å². The standard InChI is InChI=1S/C20H17NO.2ClH.Ti/c1-15-12-17(14-21-18-10-6-3-7-11-18)20(22)19(13-15)16-8-4-2-5-9-16;;;/h2-14,22H,1H3;2*1H;/q;;;+2/p-2. The van der Waals surface area contributed by atoms with E-state index in [1.165, 1.54) is 0 Å². The Morgan fingerprint density at radius 2 is 1.48 bits per heavy atom. The second kappa shape index (κ2) is 10.4. The molecule has 0 heterocycles. The summed E-state index contributed by atoms with van der Waals surface area (Å²) in [4.78, 5) is 4.43. The number of aliphatic imine (C=N–C) groups is 1. The summed E-state index contributed by atoms with van der Waals surface area (Å²) in [5.41, 5.74) is 4.51. The zero-order valence-corrected chi connectivity index (χ0v) is 16.7. The van der Waals surface area contributed by atoms with Crippen LogP contribution in [0.15, 0.2) is 77.8 Å². The second-order valence-corrected chi connectivity index (χ2v) is 7.86. The van der Waals surface area contributed by atoms with Crippen molar-refractivity contribution in [3.8, 4) is 16.9 Å². The molecule has 0 bridgehead atoms. The molecule has 0 atom stereocenters. The Bertz CT molecular complexity index is 824. The number of halogens is 2. The number of hydrogen-bond acceptors (Lipinski definition) is 2. The van der Waals surface area contributed by atoms with E-state index in [1.54, 1.807) is 6.21 Å². The molecule has 0 amide bonds. The third-order valence-electron chi connectivity index (χ3n) is 3.48. The van der Waals surface area contributed by atoms with E-state index in [1.807, 2.05) is 79.7 Å². The first-order valence-electron chi connectivity index (χ1n) is 7.60. The Morgan fingerprint density at radius 1 is 0.920 bits per heavy atom. The molecule has 0 aromatic heterocycles. The minimum atomic E-state index is -0.556. The first kappa shape index (κ1) is 19.7. The van der Waals surface area contributed by atoms with Crippen molar-refractivity contribution in [2.75, 3.05) is 0 Å². The molecule has 0 unspecified atom stereocenters. The van der Waals surface area contributed by atoms with Crippen LogP contribution in [0.5, 0.6) is 5.75 Å². The molecule has 3 aromatic rings. The van der Waals surface area contributed by atoms with Crippen LogP contribution in [0.4, 0.5) is 5.69 Å². The van der Waals surface area contributed by atoms with Crippen molar-refractivity contribution < 1.29 is 22.1 Å². The van der Waals surface area contributed by atoms with Crippen LogP contribution in [0.25, 0.3) is 11.1 Å². The molecule has 3 rings (SSSR count). The fourth-order valence-electron chi connectivity index (χ4n) is 2.40. The molecule has 1 N–H and O–H groups in total. The van der Waals surface area contributed by atoms with Gasteiger partial charge in [0.2, 0.25) is 0 Å². The van der Waals surface area contributed by atoms with Crippen molar-refractivity contribution in [2.45, 2.75) is 6.92 Å². The molecule has 0 spiro atoms. The van der Waals surface area contributed by atoms with Crippen molar-refractivity contribution in [1.82, 2.24) is 0 Å². The molecule has 0 radical (unpaired) electrons. The average Bonchev–Trinajstić information content (AvgIpc) is 2.64. The van der Waals surface area contributed by atoms with E-state index in [9.17, 15) is 5.11 Å². The van der Waals surface area contributed by atoms with Gasteiger partial charge in [-0.3, -0.25) is 4.99 Å². The molecule has 0 aliphatic carbocycles. The van der Waals surface area contributed by atoms with E-state index in [0.717, 1.165) is 27.9 Å². The summed E-state index contributed by atoms with van der Waals surface area (Å²) in [6, 6.07) is 23.5. The number of hydrogen-bond donors (Lipinski definition) is 1. The quantitative estimate of drug-likeness (QED) is 0.391. The van der Waals surface area contributed by atoms with Gasteiger partial charge in [-0.1, -0.05) is 48.5 Å². The molecule has 2 nitrogen and oxygen atoms in total. The number of rotatable bonds is 3. The molecule has 0 aliphatic heterocycles. The number of aromatic hydroxyl groups is 1. The molecule has 126 valence electrons. The van der Waals surface area contributed by atoms with Crippen LogP contribution < -0.4 is 0 Å². The summed E-state index contributed by atoms with van der Waals surface area (Å²) >= 11 is -0.556. The van der Waals surface area contributed by atoms with Crippen LogP contribution in [-0.2, 0) is 17.0 Å². The van der Waals surface area contributed by atoms with Gasteiger partial charge in [-0.05, 0) is 42.3 Å². The van der Waals surface area contributed by atoms with Gasteiger partial charge in [0.05, 0.1) is 5.69 Å². The van der Waals surface area contributed by atoms with Crippen molar-refractivity contribution in [3.05, 3.63) is 83.9 Å². The Hall–Kier alpha value is -1.58. The SMILES string of the molecule is Cc1cc(C=Nc2ccccc2)c(O)c(-c2ccccc2)c1.[Cl][Ti][Cl]. The van der Waals surface area contributed by atoms with E-state index in [-0.39, 0.29) is 5.75 Å². The summed E-state index contributed by atoms with van der Waals surface area (Å²) in [5, 5.41) is 10.6. The third-order valence-corrected chi connectivity index (χ3v) is 3.48. The molecular formula is C20H17Cl2NOTi. The number of phenolic OH excluding ortho intramolecular Hbond substituents is 1. The molecule has 0 fully saturated rings. The first-order valence-corrected chi connectivity index (χ1v) is 11.9. The summed E-state index contributed by atoms with van der Waals surface area (Å²) < 4.78 is 0. The van der Waals surface area contributed by atoms with Gasteiger partial charge in [-0.25, -0.2) is 0 Å². The van der Waals surface area contributed by atoms with Gasteiger partial charge in [0, 0.05) is 17.3 Å². The average molecular weight is 406 g/mol. The summed E-state index contributed by atoms with van der Waals surface area (Å²) in [6.07, 6.45) is 1.71. The van der Waals surface area contributed by atoms with Crippen LogP contribution in [-0.4, -0.2) is 11.3 Å². The number of benzene rings is 3. The van der Waals surface area contributed by atoms with Crippen molar-refractivity contribution in [2.24, 2.45) is 4.99 Å². The predicted octanol–water partition coefficient (Wildman–Crippen LogP) is 6.49. The van der Waals surface area contributed by atoms with Crippen LogP contribution in [0.2, 0.25) is 0 Å². The molecule has 0 saturated carbocycles. The number of nitrogens with zero attached hydrogens (tertiary/aromatic N) is 1. The zero-order valence-electron chi connectivity index (χ0n) is 13.7. The predicted molar refractivity (Wildman–Crippen MR) is 104 cm³/mol. The van der Waals surface area contributed by atoms with Crippen LogP contribution in [0.3, 0.4) is 0 Å². The minimum absolute atomic E-state index is 0.261. The van der Waals surface area contributed by atoms with Gasteiger partial charge in [-0.15, -0.1) is 0 Å². The molecular weight excluding hydrogens is 389 g/mol. The Labute approximate surface area is 164 Å². The van der Waals surface area contributed by atoms with Crippen molar-refractivity contribution >= 4 is 30.5 Å². The number of para-hydroxylation sites is 1.